The Labute approximate surface area is 170 Å². The normalized spacial score (nSPS) is 10.6. The molecule has 0 saturated heterocycles. The van der Waals surface area contributed by atoms with Crippen molar-refractivity contribution in [2.45, 2.75) is 27.3 Å². The molecule has 0 aliphatic rings. The van der Waals surface area contributed by atoms with Gasteiger partial charge in [-0.05, 0) is 44.0 Å². The number of hydrogen-bond donors (Lipinski definition) is 0. The quantitative estimate of drug-likeness (QED) is 0.537. The summed E-state index contributed by atoms with van der Waals surface area (Å²) in [4.78, 5) is 18.6. The number of carbonyl (C=O) groups excluding carboxylic acids is 1. The van der Waals surface area contributed by atoms with Crippen molar-refractivity contribution < 1.29 is 14.1 Å². The number of hydrogen-bond acceptors (Lipinski definition) is 5. The first-order chi connectivity index (χ1) is 13.9. The topological polar surface area (TPSA) is 68.5 Å². The van der Waals surface area contributed by atoms with Gasteiger partial charge in [-0.15, -0.1) is 6.58 Å². The number of aromatic nitrogens is 2. The van der Waals surface area contributed by atoms with Gasteiger partial charge in [-0.2, -0.15) is 4.98 Å². The van der Waals surface area contributed by atoms with Crippen LogP contribution >= 0.6 is 0 Å². The summed E-state index contributed by atoms with van der Waals surface area (Å²) in [5.74, 6) is 1.35. The highest BCUT2D eigenvalue weighted by Gasteiger charge is 2.18. The lowest BCUT2D eigenvalue weighted by Crippen LogP contribution is -2.34. The second kappa shape index (κ2) is 9.19. The molecular weight excluding hydrogens is 366 g/mol. The molecule has 1 heterocycles. The van der Waals surface area contributed by atoms with E-state index in [2.05, 4.69) is 22.8 Å². The van der Waals surface area contributed by atoms with Crippen LogP contribution in [0.15, 0.2) is 59.6 Å². The zero-order valence-corrected chi connectivity index (χ0v) is 17.0. The number of aryl methyl sites for hydroxylation is 3. The molecule has 0 unspecified atom stereocenters. The third kappa shape index (κ3) is 5.54. The molecule has 0 bridgehead atoms. The van der Waals surface area contributed by atoms with E-state index in [9.17, 15) is 4.79 Å². The second-order valence-electron chi connectivity index (χ2n) is 7.05. The number of rotatable bonds is 8. The molecule has 6 nitrogen and oxygen atoms in total. The minimum Gasteiger partial charge on any atom is -0.484 e. The third-order valence-corrected chi connectivity index (χ3v) is 4.36. The van der Waals surface area contributed by atoms with Crippen molar-refractivity contribution in [2.75, 3.05) is 13.2 Å². The van der Waals surface area contributed by atoms with Gasteiger partial charge in [0, 0.05) is 12.1 Å². The number of nitrogens with zero attached hydrogens (tertiary/aromatic N) is 3. The minimum absolute atomic E-state index is 0.0737. The van der Waals surface area contributed by atoms with Crippen LogP contribution in [0, 0.1) is 20.8 Å². The Bertz CT molecular complexity index is 973. The Morgan fingerprint density at radius 1 is 1.10 bits per heavy atom. The van der Waals surface area contributed by atoms with E-state index in [0.717, 1.165) is 22.3 Å². The van der Waals surface area contributed by atoms with E-state index in [-0.39, 0.29) is 19.1 Å². The first-order valence-electron chi connectivity index (χ1n) is 9.44. The summed E-state index contributed by atoms with van der Waals surface area (Å²) in [5, 5.41) is 4.02. The lowest BCUT2D eigenvalue weighted by atomic mass is 10.1. The van der Waals surface area contributed by atoms with Crippen LogP contribution in [0.25, 0.3) is 11.4 Å². The summed E-state index contributed by atoms with van der Waals surface area (Å²) < 4.78 is 11.0. The predicted molar refractivity (Wildman–Crippen MR) is 111 cm³/mol. The molecule has 0 N–H and O–H groups in total. The largest absolute Gasteiger partial charge is 0.484 e. The molecule has 150 valence electrons. The van der Waals surface area contributed by atoms with Gasteiger partial charge < -0.3 is 14.2 Å². The van der Waals surface area contributed by atoms with Crippen molar-refractivity contribution in [3.8, 4) is 17.1 Å². The van der Waals surface area contributed by atoms with E-state index in [1.807, 2.05) is 57.2 Å². The summed E-state index contributed by atoms with van der Waals surface area (Å²) in [6, 6.07) is 13.7. The SMILES string of the molecule is C=CCN(Cc1nc(-c2ccc(C)cc2)no1)C(=O)COc1cc(C)cc(C)c1. The molecule has 0 spiro atoms. The molecule has 2 aromatic carbocycles. The Kier molecular flexibility index (Phi) is 6.44. The first kappa shape index (κ1) is 20.3. The van der Waals surface area contributed by atoms with Gasteiger partial charge in [0.05, 0.1) is 0 Å². The fourth-order valence-electron chi connectivity index (χ4n) is 2.97. The summed E-state index contributed by atoms with van der Waals surface area (Å²) in [6.07, 6.45) is 1.66. The Morgan fingerprint density at radius 2 is 1.79 bits per heavy atom. The number of benzene rings is 2. The van der Waals surface area contributed by atoms with Crippen molar-refractivity contribution >= 4 is 5.91 Å². The monoisotopic (exact) mass is 391 g/mol. The van der Waals surface area contributed by atoms with Crippen LogP contribution in [0.2, 0.25) is 0 Å². The third-order valence-electron chi connectivity index (χ3n) is 4.36. The van der Waals surface area contributed by atoms with Crippen LogP contribution in [0.3, 0.4) is 0 Å². The summed E-state index contributed by atoms with van der Waals surface area (Å²) >= 11 is 0. The van der Waals surface area contributed by atoms with E-state index in [1.165, 1.54) is 0 Å². The van der Waals surface area contributed by atoms with E-state index < -0.39 is 0 Å². The molecule has 0 atom stereocenters. The summed E-state index contributed by atoms with van der Waals surface area (Å²) in [6.45, 7) is 10.2. The van der Waals surface area contributed by atoms with Crippen LogP contribution < -0.4 is 4.74 Å². The lowest BCUT2D eigenvalue weighted by molar-refractivity contribution is -0.133. The average Bonchev–Trinajstić information content (AvgIpc) is 3.14. The number of carbonyl (C=O) groups is 1. The molecule has 0 aliphatic carbocycles. The maximum atomic E-state index is 12.7. The van der Waals surface area contributed by atoms with E-state index in [1.54, 1.807) is 11.0 Å². The highest BCUT2D eigenvalue weighted by molar-refractivity contribution is 5.77. The van der Waals surface area contributed by atoms with E-state index in [4.69, 9.17) is 9.26 Å². The molecule has 0 fully saturated rings. The van der Waals surface area contributed by atoms with Crippen molar-refractivity contribution in [3.63, 3.8) is 0 Å². The molecular formula is C23H25N3O3. The maximum Gasteiger partial charge on any atom is 0.261 e. The van der Waals surface area contributed by atoms with Gasteiger partial charge in [0.1, 0.15) is 12.3 Å². The smallest absolute Gasteiger partial charge is 0.261 e. The lowest BCUT2D eigenvalue weighted by Gasteiger charge is -2.19. The summed E-state index contributed by atoms with van der Waals surface area (Å²) in [5.41, 5.74) is 4.20. The van der Waals surface area contributed by atoms with E-state index >= 15 is 0 Å². The van der Waals surface area contributed by atoms with Crippen molar-refractivity contribution in [1.29, 1.82) is 0 Å². The van der Waals surface area contributed by atoms with Crippen LogP contribution in [0.1, 0.15) is 22.6 Å². The predicted octanol–water partition coefficient (Wildman–Crippen LogP) is 4.26. The fourth-order valence-corrected chi connectivity index (χ4v) is 2.97. The molecule has 3 rings (SSSR count). The van der Waals surface area contributed by atoms with Crippen LogP contribution in [-0.4, -0.2) is 34.1 Å². The number of amides is 1. The van der Waals surface area contributed by atoms with Crippen LogP contribution in [-0.2, 0) is 11.3 Å². The Hall–Kier alpha value is -3.41. The zero-order chi connectivity index (χ0) is 20.8. The van der Waals surface area contributed by atoms with Gasteiger partial charge in [-0.3, -0.25) is 4.79 Å². The molecule has 3 aromatic rings. The molecule has 6 heteroatoms. The highest BCUT2D eigenvalue weighted by atomic mass is 16.5. The average molecular weight is 391 g/mol. The zero-order valence-electron chi connectivity index (χ0n) is 17.0. The minimum atomic E-state index is -0.181. The molecule has 0 saturated carbocycles. The van der Waals surface area contributed by atoms with Gasteiger partial charge in [-0.1, -0.05) is 47.1 Å². The standard InChI is InChI=1S/C23H25N3O3/c1-5-10-26(22(27)15-28-20-12-17(3)11-18(4)13-20)14-21-24-23(25-29-21)19-8-6-16(2)7-9-19/h5-9,11-13H,1,10,14-15H2,2-4H3. The fraction of sp³-hybridized carbons (Fsp3) is 0.261. The van der Waals surface area contributed by atoms with Gasteiger partial charge >= 0.3 is 0 Å². The van der Waals surface area contributed by atoms with Gasteiger partial charge in [-0.25, -0.2) is 0 Å². The Balaban J connectivity index is 1.65. The Morgan fingerprint density at radius 3 is 2.45 bits per heavy atom. The maximum absolute atomic E-state index is 12.7. The molecule has 0 aliphatic heterocycles. The summed E-state index contributed by atoms with van der Waals surface area (Å²) in [7, 11) is 0. The van der Waals surface area contributed by atoms with Gasteiger partial charge in [0.15, 0.2) is 6.61 Å². The van der Waals surface area contributed by atoms with Crippen molar-refractivity contribution in [1.82, 2.24) is 15.0 Å². The molecule has 0 radical (unpaired) electrons. The molecule has 1 aromatic heterocycles. The van der Waals surface area contributed by atoms with Gasteiger partial charge in [0.2, 0.25) is 11.7 Å². The van der Waals surface area contributed by atoms with Gasteiger partial charge in [0.25, 0.3) is 5.91 Å². The van der Waals surface area contributed by atoms with Crippen LogP contribution in [0.4, 0.5) is 0 Å². The first-order valence-corrected chi connectivity index (χ1v) is 9.44. The molecule has 1 amide bonds. The van der Waals surface area contributed by atoms with Crippen molar-refractivity contribution in [3.05, 3.63) is 77.7 Å². The molecule has 29 heavy (non-hydrogen) atoms. The van der Waals surface area contributed by atoms with Crippen molar-refractivity contribution in [2.24, 2.45) is 0 Å². The highest BCUT2D eigenvalue weighted by Crippen LogP contribution is 2.18. The second-order valence-corrected chi connectivity index (χ2v) is 7.05. The van der Waals surface area contributed by atoms with E-state index in [0.29, 0.717) is 24.0 Å². The van der Waals surface area contributed by atoms with Crippen LogP contribution in [0.5, 0.6) is 5.75 Å². The number of ether oxygens (including phenoxy) is 1.